The SMILES string of the molecule is CSC1(C(=O)N2CCC[C@H]2CF)CC1. The number of carbonyl (C=O) groups is 1. The van der Waals surface area contributed by atoms with E-state index in [0.717, 1.165) is 32.2 Å². The van der Waals surface area contributed by atoms with Crippen LogP contribution in [0.4, 0.5) is 4.39 Å². The Balaban J connectivity index is 2.04. The van der Waals surface area contributed by atoms with Gasteiger partial charge in [0.15, 0.2) is 0 Å². The standard InChI is InChI=1S/C10H16FNOS/c1-14-10(4-5-10)9(13)12-6-2-3-8(12)7-11/h8H,2-7H2,1H3/t8-/m0/s1. The van der Waals surface area contributed by atoms with Gasteiger partial charge in [0.25, 0.3) is 0 Å². The lowest BCUT2D eigenvalue weighted by Crippen LogP contribution is -2.42. The van der Waals surface area contributed by atoms with Gasteiger partial charge in [-0.15, -0.1) is 11.8 Å². The summed E-state index contributed by atoms with van der Waals surface area (Å²) in [7, 11) is 0. The molecule has 0 radical (unpaired) electrons. The van der Waals surface area contributed by atoms with Crippen molar-refractivity contribution < 1.29 is 9.18 Å². The molecule has 2 nitrogen and oxygen atoms in total. The normalized spacial score (nSPS) is 29.3. The second-order valence-electron chi connectivity index (χ2n) is 4.15. The van der Waals surface area contributed by atoms with Crippen molar-refractivity contribution in [1.82, 2.24) is 4.90 Å². The van der Waals surface area contributed by atoms with Gasteiger partial charge in [-0.2, -0.15) is 0 Å². The quantitative estimate of drug-likeness (QED) is 0.719. The van der Waals surface area contributed by atoms with Crippen LogP contribution in [0.2, 0.25) is 0 Å². The molecule has 2 fully saturated rings. The van der Waals surface area contributed by atoms with E-state index in [9.17, 15) is 9.18 Å². The van der Waals surface area contributed by atoms with Crippen LogP contribution in [0.5, 0.6) is 0 Å². The molecule has 1 aliphatic carbocycles. The summed E-state index contributed by atoms with van der Waals surface area (Å²) >= 11 is 1.63. The molecular formula is C10H16FNOS. The lowest BCUT2D eigenvalue weighted by molar-refractivity contribution is -0.132. The van der Waals surface area contributed by atoms with E-state index < -0.39 is 0 Å². The van der Waals surface area contributed by atoms with Crippen molar-refractivity contribution in [1.29, 1.82) is 0 Å². The lowest BCUT2D eigenvalue weighted by atomic mass is 10.2. The molecular weight excluding hydrogens is 201 g/mol. The van der Waals surface area contributed by atoms with E-state index in [1.54, 1.807) is 16.7 Å². The fourth-order valence-electron chi connectivity index (χ4n) is 2.14. The van der Waals surface area contributed by atoms with Gasteiger partial charge >= 0.3 is 0 Å². The van der Waals surface area contributed by atoms with E-state index >= 15 is 0 Å². The summed E-state index contributed by atoms with van der Waals surface area (Å²) in [5.74, 6) is 0.185. The number of carbonyl (C=O) groups excluding carboxylic acids is 1. The zero-order chi connectivity index (χ0) is 10.2. The number of nitrogens with zero attached hydrogens (tertiary/aromatic N) is 1. The molecule has 0 aromatic rings. The highest BCUT2D eigenvalue weighted by Gasteiger charge is 2.52. The third-order valence-corrected chi connectivity index (χ3v) is 4.67. The van der Waals surface area contributed by atoms with Gasteiger partial charge in [-0.1, -0.05) is 0 Å². The molecule has 1 heterocycles. The molecule has 1 aliphatic heterocycles. The fourth-order valence-corrected chi connectivity index (χ4v) is 2.95. The highest BCUT2D eigenvalue weighted by molar-refractivity contribution is 8.01. The van der Waals surface area contributed by atoms with Gasteiger partial charge in [0, 0.05) is 6.54 Å². The molecule has 0 bridgehead atoms. The third kappa shape index (κ3) is 1.53. The summed E-state index contributed by atoms with van der Waals surface area (Å²) in [6.45, 7) is 0.381. The summed E-state index contributed by atoms with van der Waals surface area (Å²) in [4.78, 5) is 13.8. The van der Waals surface area contributed by atoms with Gasteiger partial charge in [-0.05, 0) is 31.9 Å². The topological polar surface area (TPSA) is 20.3 Å². The van der Waals surface area contributed by atoms with Gasteiger partial charge in [-0.25, -0.2) is 4.39 Å². The highest BCUT2D eigenvalue weighted by Crippen LogP contribution is 2.49. The van der Waals surface area contributed by atoms with Crippen LogP contribution in [0.3, 0.4) is 0 Å². The van der Waals surface area contributed by atoms with Crippen molar-refractivity contribution in [3.8, 4) is 0 Å². The van der Waals surface area contributed by atoms with Crippen molar-refractivity contribution in [2.75, 3.05) is 19.5 Å². The molecule has 2 aliphatic rings. The van der Waals surface area contributed by atoms with Crippen LogP contribution in [0.25, 0.3) is 0 Å². The Bertz CT molecular complexity index is 242. The maximum absolute atomic E-state index is 12.6. The second-order valence-corrected chi connectivity index (χ2v) is 5.34. The minimum absolute atomic E-state index is 0.132. The summed E-state index contributed by atoms with van der Waals surface area (Å²) in [6, 6.07) is -0.132. The van der Waals surface area contributed by atoms with E-state index in [0.29, 0.717) is 0 Å². The molecule has 1 saturated heterocycles. The molecule has 1 amide bonds. The number of hydrogen-bond acceptors (Lipinski definition) is 2. The first-order valence-corrected chi connectivity index (χ1v) is 6.38. The first-order valence-electron chi connectivity index (χ1n) is 5.16. The molecule has 14 heavy (non-hydrogen) atoms. The van der Waals surface area contributed by atoms with Crippen LogP contribution in [-0.4, -0.2) is 41.1 Å². The van der Waals surface area contributed by atoms with Gasteiger partial charge in [-0.3, -0.25) is 4.79 Å². The Hall–Kier alpha value is -0.250. The summed E-state index contributed by atoms with van der Waals surface area (Å²) in [5.41, 5.74) is 0. The van der Waals surface area contributed by atoms with Crippen molar-refractivity contribution in [3.05, 3.63) is 0 Å². The number of halogens is 1. The van der Waals surface area contributed by atoms with Crippen LogP contribution in [0.1, 0.15) is 25.7 Å². The molecule has 0 N–H and O–H groups in total. The molecule has 0 aromatic carbocycles. The fraction of sp³-hybridized carbons (Fsp3) is 0.900. The molecule has 1 saturated carbocycles. The number of alkyl halides is 1. The number of rotatable bonds is 3. The smallest absolute Gasteiger partial charge is 0.239 e. The van der Waals surface area contributed by atoms with Gasteiger partial charge in [0.2, 0.25) is 5.91 Å². The van der Waals surface area contributed by atoms with E-state index in [4.69, 9.17) is 0 Å². The van der Waals surface area contributed by atoms with E-state index in [2.05, 4.69) is 0 Å². The average molecular weight is 217 g/mol. The predicted molar refractivity (Wildman–Crippen MR) is 56.2 cm³/mol. The van der Waals surface area contributed by atoms with Crippen molar-refractivity contribution in [2.24, 2.45) is 0 Å². The molecule has 0 spiro atoms. The minimum atomic E-state index is -0.379. The van der Waals surface area contributed by atoms with E-state index in [1.807, 2.05) is 6.26 Å². The number of likely N-dealkylation sites (tertiary alicyclic amines) is 1. The Morgan fingerprint density at radius 2 is 2.36 bits per heavy atom. The summed E-state index contributed by atoms with van der Waals surface area (Å²) in [6.07, 6.45) is 5.73. The van der Waals surface area contributed by atoms with Crippen molar-refractivity contribution in [3.63, 3.8) is 0 Å². The Morgan fingerprint density at radius 3 is 2.86 bits per heavy atom. The van der Waals surface area contributed by atoms with Crippen LogP contribution < -0.4 is 0 Å². The van der Waals surface area contributed by atoms with E-state index in [1.165, 1.54) is 0 Å². The predicted octanol–water partition coefficient (Wildman–Crippen LogP) is 1.84. The Morgan fingerprint density at radius 1 is 1.64 bits per heavy atom. The van der Waals surface area contributed by atoms with Crippen molar-refractivity contribution >= 4 is 17.7 Å². The van der Waals surface area contributed by atoms with Crippen LogP contribution in [-0.2, 0) is 4.79 Å². The zero-order valence-corrected chi connectivity index (χ0v) is 9.28. The first-order chi connectivity index (χ1) is 6.73. The third-order valence-electron chi connectivity index (χ3n) is 3.30. The zero-order valence-electron chi connectivity index (χ0n) is 8.46. The molecule has 0 unspecified atom stereocenters. The first kappa shape index (κ1) is 10.3. The summed E-state index contributed by atoms with van der Waals surface area (Å²) < 4.78 is 12.5. The average Bonchev–Trinajstić information content (AvgIpc) is 2.87. The molecule has 1 atom stereocenters. The monoisotopic (exact) mass is 217 g/mol. The Kier molecular flexibility index (Phi) is 2.73. The minimum Gasteiger partial charge on any atom is -0.336 e. The molecule has 4 heteroatoms. The molecule has 2 rings (SSSR count). The van der Waals surface area contributed by atoms with Crippen LogP contribution in [0, 0.1) is 0 Å². The van der Waals surface area contributed by atoms with E-state index in [-0.39, 0.29) is 23.4 Å². The van der Waals surface area contributed by atoms with Gasteiger partial charge < -0.3 is 4.90 Å². The molecule has 0 aromatic heterocycles. The highest BCUT2D eigenvalue weighted by atomic mass is 32.2. The van der Waals surface area contributed by atoms with Gasteiger partial charge in [0.05, 0.1) is 10.8 Å². The van der Waals surface area contributed by atoms with Crippen LogP contribution in [0.15, 0.2) is 0 Å². The maximum Gasteiger partial charge on any atom is 0.239 e. The second kappa shape index (κ2) is 3.72. The van der Waals surface area contributed by atoms with Crippen molar-refractivity contribution in [2.45, 2.75) is 36.5 Å². The van der Waals surface area contributed by atoms with Crippen LogP contribution >= 0.6 is 11.8 Å². The number of hydrogen-bond donors (Lipinski definition) is 0. The lowest BCUT2D eigenvalue weighted by Gasteiger charge is -2.26. The number of amides is 1. The maximum atomic E-state index is 12.6. The number of thioether (sulfide) groups is 1. The molecule has 80 valence electrons. The summed E-state index contributed by atoms with van der Waals surface area (Å²) in [5, 5.41) is 0. The largest absolute Gasteiger partial charge is 0.336 e. The Labute approximate surface area is 88.2 Å². The van der Waals surface area contributed by atoms with Gasteiger partial charge in [0.1, 0.15) is 6.67 Å².